The van der Waals surface area contributed by atoms with Gasteiger partial charge >= 0.3 is 0 Å². The van der Waals surface area contributed by atoms with Crippen molar-refractivity contribution in [2.75, 3.05) is 5.73 Å². The van der Waals surface area contributed by atoms with Gasteiger partial charge in [0.1, 0.15) is 0 Å². The Morgan fingerprint density at radius 3 is 2.78 bits per heavy atom. The van der Waals surface area contributed by atoms with Gasteiger partial charge in [-0.1, -0.05) is 0 Å². The van der Waals surface area contributed by atoms with E-state index in [4.69, 9.17) is 5.73 Å². The average Bonchev–Trinajstić information content (AvgIpc) is 2.37. The number of nitrogens with zero attached hydrogens (tertiary/aromatic N) is 2. The molecular formula is C13H14N4O. The van der Waals surface area contributed by atoms with Crippen molar-refractivity contribution in [1.29, 1.82) is 0 Å². The Kier molecular flexibility index (Phi) is 3.52. The Labute approximate surface area is 105 Å². The van der Waals surface area contributed by atoms with Crippen LogP contribution in [0.1, 0.15) is 21.6 Å². The molecule has 5 heteroatoms. The summed E-state index contributed by atoms with van der Waals surface area (Å²) < 4.78 is 0. The topological polar surface area (TPSA) is 80.9 Å². The van der Waals surface area contributed by atoms with Crippen LogP contribution in [0.4, 0.5) is 5.69 Å². The summed E-state index contributed by atoms with van der Waals surface area (Å²) in [4.78, 5) is 19.9. The fourth-order valence-corrected chi connectivity index (χ4v) is 1.55. The number of nitrogens with one attached hydrogen (secondary N) is 1. The Hall–Kier alpha value is -2.43. The molecule has 18 heavy (non-hydrogen) atoms. The largest absolute Gasteiger partial charge is 0.398 e. The molecule has 0 unspecified atom stereocenters. The SMILES string of the molecule is Cc1cc(N)c(C(=O)NCc2ccncc2)cn1. The Balaban J connectivity index is 2.04. The number of amides is 1. The number of nitrogens with two attached hydrogens (primary N) is 1. The predicted octanol–water partition coefficient (Wildman–Crippen LogP) is 1.30. The van der Waals surface area contributed by atoms with Crippen molar-refractivity contribution < 1.29 is 4.79 Å². The van der Waals surface area contributed by atoms with Crippen LogP contribution in [0.3, 0.4) is 0 Å². The van der Waals surface area contributed by atoms with E-state index in [1.165, 1.54) is 6.20 Å². The van der Waals surface area contributed by atoms with E-state index < -0.39 is 0 Å². The van der Waals surface area contributed by atoms with Gasteiger partial charge in [0, 0.05) is 36.5 Å². The van der Waals surface area contributed by atoms with Crippen molar-refractivity contribution in [1.82, 2.24) is 15.3 Å². The molecule has 0 fully saturated rings. The molecule has 2 heterocycles. The van der Waals surface area contributed by atoms with E-state index in [0.717, 1.165) is 11.3 Å². The number of nitrogen functional groups attached to an aromatic ring is 1. The van der Waals surface area contributed by atoms with Gasteiger partial charge in [0.2, 0.25) is 0 Å². The van der Waals surface area contributed by atoms with Crippen LogP contribution in [0.2, 0.25) is 0 Å². The van der Waals surface area contributed by atoms with Crippen LogP contribution in [-0.4, -0.2) is 15.9 Å². The molecule has 3 N–H and O–H groups in total. The quantitative estimate of drug-likeness (QED) is 0.850. The highest BCUT2D eigenvalue weighted by Crippen LogP contribution is 2.11. The van der Waals surface area contributed by atoms with E-state index in [1.54, 1.807) is 18.5 Å². The van der Waals surface area contributed by atoms with Gasteiger partial charge in [0.15, 0.2) is 0 Å². The van der Waals surface area contributed by atoms with Gasteiger partial charge in [-0.15, -0.1) is 0 Å². The maximum absolute atomic E-state index is 11.9. The van der Waals surface area contributed by atoms with Crippen molar-refractivity contribution in [3.63, 3.8) is 0 Å². The maximum atomic E-state index is 11.9. The normalized spacial score (nSPS) is 10.1. The molecule has 0 bridgehead atoms. The Bertz CT molecular complexity index is 554. The van der Waals surface area contributed by atoms with Crippen LogP contribution in [0.25, 0.3) is 0 Å². The van der Waals surface area contributed by atoms with Gasteiger partial charge in [0.25, 0.3) is 5.91 Å². The number of pyridine rings is 2. The van der Waals surface area contributed by atoms with E-state index in [1.807, 2.05) is 19.1 Å². The standard InChI is InChI=1S/C13H14N4O/c1-9-6-12(14)11(8-16-9)13(18)17-7-10-2-4-15-5-3-10/h2-6,8H,7H2,1H3,(H2,14,16)(H,17,18). The average molecular weight is 242 g/mol. The second kappa shape index (κ2) is 5.27. The van der Waals surface area contributed by atoms with Crippen molar-refractivity contribution in [3.8, 4) is 0 Å². The zero-order valence-corrected chi connectivity index (χ0v) is 10.1. The summed E-state index contributed by atoms with van der Waals surface area (Å²) in [5.74, 6) is -0.225. The number of carbonyl (C=O) groups excluding carboxylic acids is 1. The second-order valence-corrected chi connectivity index (χ2v) is 3.95. The summed E-state index contributed by atoms with van der Waals surface area (Å²) in [7, 11) is 0. The highest BCUT2D eigenvalue weighted by atomic mass is 16.1. The minimum Gasteiger partial charge on any atom is -0.398 e. The predicted molar refractivity (Wildman–Crippen MR) is 68.8 cm³/mol. The molecule has 0 aliphatic carbocycles. The lowest BCUT2D eigenvalue weighted by Gasteiger charge is -2.07. The summed E-state index contributed by atoms with van der Waals surface area (Å²) in [5, 5.41) is 2.79. The van der Waals surface area contributed by atoms with E-state index in [2.05, 4.69) is 15.3 Å². The van der Waals surface area contributed by atoms with Gasteiger partial charge in [-0.25, -0.2) is 0 Å². The first kappa shape index (κ1) is 12.0. The summed E-state index contributed by atoms with van der Waals surface area (Å²) in [6, 6.07) is 5.37. The number of rotatable bonds is 3. The van der Waals surface area contributed by atoms with E-state index >= 15 is 0 Å². The number of aromatic nitrogens is 2. The first-order valence-electron chi connectivity index (χ1n) is 5.56. The van der Waals surface area contributed by atoms with Gasteiger partial charge in [-0.05, 0) is 30.7 Å². The first-order chi connectivity index (χ1) is 8.66. The molecular weight excluding hydrogens is 228 g/mol. The fourth-order valence-electron chi connectivity index (χ4n) is 1.55. The molecule has 0 saturated heterocycles. The molecule has 0 saturated carbocycles. The van der Waals surface area contributed by atoms with Crippen molar-refractivity contribution in [2.45, 2.75) is 13.5 Å². The molecule has 2 rings (SSSR count). The van der Waals surface area contributed by atoms with Crippen molar-refractivity contribution >= 4 is 11.6 Å². The monoisotopic (exact) mass is 242 g/mol. The molecule has 2 aromatic heterocycles. The Morgan fingerprint density at radius 2 is 2.11 bits per heavy atom. The number of hydrogen-bond acceptors (Lipinski definition) is 4. The van der Waals surface area contributed by atoms with Crippen molar-refractivity contribution in [3.05, 3.63) is 53.6 Å². The second-order valence-electron chi connectivity index (χ2n) is 3.95. The third-order valence-electron chi connectivity index (χ3n) is 2.52. The molecule has 0 aliphatic heterocycles. The molecule has 0 atom stereocenters. The van der Waals surface area contributed by atoms with E-state index in [0.29, 0.717) is 17.8 Å². The first-order valence-corrected chi connectivity index (χ1v) is 5.56. The molecule has 0 spiro atoms. The minimum atomic E-state index is -0.225. The van der Waals surface area contributed by atoms with Gasteiger partial charge < -0.3 is 11.1 Å². The summed E-state index contributed by atoms with van der Waals surface area (Å²) >= 11 is 0. The van der Waals surface area contributed by atoms with Crippen LogP contribution >= 0.6 is 0 Å². The Morgan fingerprint density at radius 1 is 1.39 bits per heavy atom. The number of aryl methyl sites for hydroxylation is 1. The van der Waals surface area contributed by atoms with Gasteiger partial charge in [-0.2, -0.15) is 0 Å². The number of hydrogen-bond donors (Lipinski definition) is 2. The minimum absolute atomic E-state index is 0.225. The van der Waals surface area contributed by atoms with Crippen LogP contribution in [0.5, 0.6) is 0 Å². The smallest absolute Gasteiger partial charge is 0.255 e. The summed E-state index contributed by atoms with van der Waals surface area (Å²) in [5.41, 5.74) is 8.39. The lowest BCUT2D eigenvalue weighted by molar-refractivity contribution is 0.0951. The zero-order chi connectivity index (χ0) is 13.0. The molecule has 1 amide bonds. The lowest BCUT2D eigenvalue weighted by Crippen LogP contribution is -2.24. The van der Waals surface area contributed by atoms with Gasteiger partial charge in [0.05, 0.1) is 5.56 Å². The van der Waals surface area contributed by atoms with E-state index in [9.17, 15) is 4.79 Å². The van der Waals surface area contributed by atoms with E-state index in [-0.39, 0.29) is 5.91 Å². The van der Waals surface area contributed by atoms with Crippen LogP contribution in [0, 0.1) is 6.92 Å². The fraction of sp³-hybridized carbons (Fsp3) is 0.154. The summed E-state index contributed by atoms with van der Waals surface area (Å²) in [6.07, 6.45) is 4.86. The highest BCUT2D eigenvalue weighted by Gasteiger charge is 2.09. The maximum Gasteiger partial charge on any atom is 0.255 e. The molecule has 0 radical (unpaired) electrons. The molecule has 92 valence electrons. The number of carbonyl (C=O) groups is 1. The number of anilines is 1. The molecule has 5 nitrogen and oxygen atoms in total. The molecule has 0 aliphatic rings. The third kappa shape index (κ3) is 2.82. The highest BCUT2D eigenvalue weighted by molar-refractivity contribution is 5.98. The van der Waals surface area contributed by atoms with Crippen LogP contribution in [-0.2, 0) is 6.54 Å². The zero-order valence-electron chi connectivity index (χ0n) is 10.1. The lowest BCUT2D eigenvalue weighted by atomic mass is 10.2. The van der Waals surface area contributed by atoms with Crippen molar-refractivity contribution in [2.24, 2.45) is 0 Å². The third-order valence-corrected chi connectivity index (χ3v) is 2.52. The van der Waals surface area contributed by atoms with Crippen LogP contribution in [0.15, 0.2) is 36.8 Å². The van der Waals surface area contributed by atoms with Gasteiger partial charge in [-0.3, -0.25) is 14.8 Å². The summed E-state index contributed by atoms with van der Waals surface area (Å²) in [6.45, 7) is 2.27. The molecule has 0 aromatic carbocycles. The van der Waals surface area contributed by atoms with Crippen LogP contribution < -0.4 is 11.1 Å². The molecule has 2 aromatic rings.